The summed E-state index contributed by atoms with van der Waals surface area (Å²) in [6.45, 7) is 0. The molecule has 1 saturated carbocycles. The zero-order valence-electron chi connectivity index (χ0n) is 9.67. The fourth-order valence-electron chi connectivity index (χ4n) is 1.92. The standard InChI is InChI=1S/C11H11ClN2O5/c12-9-4-6(14(18)19)3-8(11(16)17)10(9)13-5-1-7(15)2-5/h3-5,7,13,15H,1-2H2,(H,16,17). The number of nitrogens with zero attached hydrogens (tertiary/aromatic N) is 1. The molecule has 0 atom stereocenters. The highest BCUT2D eigenvalue weighted by molar-refractivity contribution is 6.34. The van der Waals surface area contributed by atoms with Crippen LogP contribution in [0.4, 0.5) is 11.4 Å². The molecule has 1 aliphatic carbocycles. The highest BCUT2D eigenvalue weighted by atomic mass is 35.5. The Morgan fingerprint density at radius 3 is 2.58 bits per heavy atom. The summed E-state index contributed by atoms with van der Waals surface area (Å²) in [4.78, 5) is 21.1. The van der Waals surface area contributed by atoms with Crippen LogP contribution in [0.3, 0.4) is 0 Å². The topological polar surface area (TPSA) is 113 Å². The smallest absolute Gasteiger partial charge is 0.338 e. The van der Waals surface area contributed by atoms with Crippen molar-refractivity contribution in [2.24, 2.45) is 0 Å². The Bertz CT molecular complexity index is 542. The van der Waals surface area contributed by atoms with Crippen molar-refractivity contribution in [3.63, 3.8) is 0 Å². The summed E-state index contributed by atoms with van der Waals surface area (Å²) in [6.07, 6.45) is 0.585. The Morgan fingerprint density at radius 1 is 1.47 bits per heavy atom. The van der Waals surface area contributed by atoms with Crippen molar-refractivity contribution in [2.45, 2.75) is 25.0 Å². The zero-order chi connectivity index (χ0) is 14.2. The number of carboxylic acid groups (broad SMARTS) is 1. The van der Waals surface area contributed by atoms with E-state index in [0.29, 0.717) is 12.8 Å². The van der Waals surface area contributed by atoms with Crippen molar-refractivity contribution in [3.05, 3.63) is 32.8 Å². The molecular weight excluding hydrogens is 276 g/mol. The van der Waals surface area contributed by atoms with Crippen molar-refractivity contribution in [1.82, 2.24) is 0 Å². The highest BCUT2D eigenvalue weighted by Gasteiger charge is 2.29. The summed E-state index contributed by atoms with van der Waals surface area (Å²) in [7, 11) is 0. The number of hydrogen-bond acceptors (Lipinski definition) is 5. The molecule has 8 heteroatoms. The van der Waals surface area contributed by atoms with Gasteiger partial charge in [-0.25, -0.2) is 4.79 Å². The third-order valence-electron chi connectivity index (χ3n) is 2.98. The molecule has 0 heterocycles. The van der Waals surface area contributed by atoms with Gasteiger partial charge in [-0.3, -0.25) is 10.1 Å². The highest BCUT2D eigenvalue weighted by Crippen LogP contribution is 2.34. The Labute approximate surface area is 113 Å². The maximum atomic E-state index is 11.1. The summed E-state index contributed by atoms with van der Waals surface area (Å²) < 4.78 is 0. The molecule has 1 aliphatic rings. The van der Waals surface area contributed by atoms with Gasteiger partial charge in [0, 0.05) is 18.2 Å². The number of benzene rings is 1. The summed E-state index contributed by atoms with van der Waals surface area (Å²) in [5.41, 5.74) is -0.473. The van der Waals surface area contributed by atoms with Gasteiger partial charge in [0.05, 0.1) is 27.3 Å². The number of rotatable bonds is 4. The lowest BCUT2D eigenvalue weighted by atomic mass is 9.89. The van der Waals surface area contributed by atoms with E-state index >= 15 is 0 Å². The van der Waals surface area contributed by atoms with Crippen LogP contribution in [-0.2, 0) is 0 Å². The number of nitro benzene ring substituents is 1. The van der Waals surface area contributed by atoms with Crippen LogP contribution in [0.2, 0.25) is 5.02 Å². The van der Waals surface area contributed by atoms with Crippen LogP contribution in [0, 0.1) is 10.1 Å². The van der Waals surface area contributed by atoms with Gasteiger partial charge in [-0.2, -0.15) is 0 Å². The average Bonchev–Trinajstić information content (AvgIpc) is 2.28. The molecule has 0 unspecified atom stereocenters. The van der Waals surface area contributed by atoms with E-state index in [1.54, 1.807) is 0 Å². The van der Waals surface area contributed by atoms with Gasteiger partial charge in [-0.15, -0.1) is 0 Å². The Balaban J connectivity index is 2.35. The minimum absolute atomic E-state index is 0.0204. The first-order valence-electron chi connectivity index (χ1n) is 5.54. The summed E-state index contributed by atoms with van der Waals surface area (Å²) >= 11 is 5.89. The largest absolute Gasteiger partial charge is 0.478 e. The third-order valence-corrected chi connectivity index (χ3v) is 3.28. The fraction of sp³-hybridized carbons (Fsp3) is 0.364. The Morgan fingerprint density at radius 2 is 2.11 bits per heavy atom. The molecule has 0 aliphatic heterocycles. The lowest BCUT2D eigenvalue weighted by Gasteiger charge is -2.33. The van der Waals surface area contributed by atoms with Crippen LogP contribution in [0.1, 0.15) is 23.2 Å². The van der Waals surface area contributed by atoms with E-state index in [9.17, 15) is 20.0 Å². The number of aromatic carboxylic acids is 1. The number of halogens is 1. The van der Waals surface area contributed by atoms with Crippen LogP contribution in [-0.4, -0.2) is 33.3 Å². The molecule has 7 nitrogen and oxygen atoms in total. The molecule has 0 bridgehead atoms. The number of nitro groups is 1. The van der Waals surface area contributed by atoms with Gasteiger partial charge < -0.3 is 15.5 Å². The molecule has 0 saturated heterocycles. The van der Waals surface area contributed by atoms with Crippen molar-refractivity contribution >= 4 is 28.9 Å². The van der Waals surface area contributed by atoms with Crippen LogP contribution in [0.5, 0.6) is 0 Å². The van der Waals surface area contributed by atoms with E-state index in [-0.39, 0.29) is 28.0 Å². The number of aliphatic hydroxyl groups is 1. The molecule has 0 radical (unpaired) electrons. The van der Waals surface area contributed by atoms with Crippen LogP contribution in [0.25, 0.3) is 0 Å². The molecule has 0 spiro atoms. The summed E-state index contributed by atoms with van der Waals surface area (Å²) in [6, 6.07) is 1.99. The van der Waals surface area contributed by atoms with Crippen LogP contribution in [0.15, 0.2) is 12.1 Å². The monoisotopic (exact) mass is 286 g/mol. The zero-order valence-corrected chi connectivity index (χ0v) is 10.4. The van der Waals surface area contributed by atoms with Gasteiger partial charge in [0.15, 0.2) is 0 Å². The third kappa shape index (κ3) is 2.77. The predicted molar refractivity (Wildman–Crippen MR) is 67.7 cm³/mol. The molecule has 1 fully saturated rings. The Hall–Kier alpha value is -1.86. The number of carbonyl (C=O) groups is 1. The molecular formula is C11H11ClN2O5. The van der Waals surface area contributed by atoms with Crippen LogP contribution < -0.4 is 5.32 Å². The van der Waals surface area contributed by atoms with E-state index in [1.165, 1.54) is 0 Å². The molecule has 102 valence electrons. The second kappa shape index (κ2) is 5.02. The van der Waals surface area contributed by atoms with Crippen molar-refractivity contribution in [2.75, 3.05) is 5.32 Å². The van der Waals surface area contributed by atoms with Crippen LogP contribution >= 0.6 is 11.6 Å². The van der Waals surface area contributed by atoms with Gasteiger partial charge in [0.2, 0.25) is 0 Å². The van der Waals surface area contributed by atoms with Crippen molar-refractivity contribution in [1.29, 1.82) is 0 Å². The molecule has 1 aromatic carbocycles. The van der Waals surface area contributed by atoms with Crippen molar-refractivity contribution < 1.29 is 19.9 Å². The van der Waals surface area contributed by atoms with Gasteiger partial charge in [0.25, 0.3) is 5.69 Å². The minimum Gasteiger partial charge on any atom is -0.478 e. The fourth-order valence-corrected chi connectivity index (χ4v) is 2.19. The number of nitrogens with one attached hydrogen (secondary N) is 1. The maximum absolute atomic E-state index is 11.1. The van der Waals surface area contributed by atoms with E-state index in [0.717, 1.165) is 12.1 Å². The molecule has 0 amide bonds. The summed E-state index contributed by atoms with van der Waals surface area (Å²) in [5.74, 6) is -1.30. The predicted octanol–water partition coefficient (Wildman–Crippen LogP) is 1.88. The van der Waals surface area contributed by atoms with Crippen molar-refractivity contribution in [3.8, 4) is 0 Å². The number of anilines is 1. The summed E-state index contributed by atoms with van der Waals surface area (Å²) in [5, 5.41) is 31.8. The quantitative estimate of drug-likeness (QED) is 0.575. The van der Waals surface area contributed by atoms with E-state index in [2.05, 4.69) is 5.32 Å². The molecule has 2 rings (SSSR count). The molecule has 1 aromatic rings. The van der Waals surface area contributed by atoms with E-state index in [4.69, 9.17) is 16.7 Å². The minimum atomic E-state index is -1.30. The first kappa shape index (κ1) is 13.6. The Kier molecular flexibility index (Phi) is 3.59. The van der Waals surface area contributed by atoms with E-state index in [1.807, 2.05) is 0 Å². The first-order valence-corrected chi connectivity index (χ1v) is 5.92. The number of carboxylic acids is 1. The molecule has 0 aromatic heterocycles. The average molecular weight is 287 g/mol. The van der Waals surface area contributed by atoms with E-state index < -0.39 is 17.0 Å². The SMILES string of the molecule is O=C(O)c1cc([N+](=O)[O-])cc(Cl)c1NC1CC(O)C1. The number of non-ortho nitro benzene ring substituents is 1. The lowest BCUT2D eigenvalue weighted by molar-refractivity contribution is -0.384. The van der Waals surface area contributed by atoms with Gasteiger partial charge in [-0.05, 0) is 12.8 Å². The number of hydrogen-bond donors (Lipinski definition) is 3. The normalized spacial score (nSPS) is 21.6. The maximum Gasteiger partial charge on any atom is 0.338 e. The van der Waals surface area contributed by atoms with Gasteiger partial charge in [0.1, 0.15) is 0 Å². The second-order valence-electron chi connectivity index (χ2n) is 4.38. The molecule has 3 N–H and O–H groups in total. The van der Waals surface area contributed by atoms with Gasteiger partial charge >= 0.3 is 5.97 Å². The van der Waals surface area contributed by atoms with Gasteiger partial charge in [-0.1, -0.05) is 11.6 Å². The lowest BCUT2D eigenvalue weighted by Crippen LogP contribution is -2.39. The number of aliphatic hydroxyl groups excluding tert-OH is 1. The second-order valence-corrected chi connectivity index (χ2v) is 4.79. The molecule has 19 heavy (non-hydrogen) atoms. The first-order chi connectivity index (χ1) is 8.88.